The van der Waals surface area contributed by atoms with Crippen molar-refractivity contribution in [3.8, 4) is 0 Å². The molecule has 0 spiro atoms. The zero-order valence-electron chi connectivity index (χ0n) is 11.1. The molecule has 1 heterocycles. The molecule has 1 aromatic heterocycles. The lowest BCUT2D eigenvalue weighted by atomic mass is 10.1. The van der Waals surface area contributed by atoms with Gasteiger partial charge in [0.1, 0.15) is 0 Å². The van der Waals surface area contributed by atoms with E-state index in [1.807, 2.05) is 6.07 Å². The van der Waals surface area contributed by atoms with Crippen LogP contribution in [0.2, 0.25) is 5.02 Å². The molecule has 4 nitrogen and oxygen atoms in total. The SMILES string of the molecule is O=C(CCn1c(=O)oc2ccccc21)c1ccc(Cl)cc1. The molecule has 0 aliphatic heterocycles. The monoisotopic (exact) mass is 301 g/mol. The average molecular weight is 302 g/mol. The number of fused-ring (bicyclic) bond motifs is 1. The van der Waals surface area contributed by atoms with Crippen LogP contribution >= 0.6 is 11.6 Å². The topological polar surface area (TPSA) is 52.2 Å². The van der Waals surface area contributed by atoms with E-state index in [1.54, 1.807) is 42.5 Å². The highest BCUT2D eigenvalue weighted by molar-refractivity contribution is 6.30. The Balaban J connectivity index is 1.80. The summed E-state index contributed by atoms with van der Waals surface area (Å²) in [5, 5.41) is 0.587. The first kappa shape index (κ1) is 13.6. The number of para-hydroxylation sites is 2. The van der Waals surface area contributed by atoms with Crippen LogP contribution in [0.25, 0.3) is 11.1 Å². The van der Waals surface area contributed by atoms with E-state index in [2.05, 4.69) is 0 Å². The Hall–Kier alpha value is -2.33. The van der Waals surface area contributed by atoms with Crippen LogP contribution in [-0.4, -0.2) is 10.4 Å². The van der Waals surface area contributed by atoms with Gasteiger partial charge in [0.15, 0.2) is 11.4 Å². The van der Waals surface area contributed by atoms with Gasteiger partial charge in [0, 0.05) is 23.6 Å². The smallest absolute Gasteiger partial charge is 0.408 e. The quantitative estimate of drug-likeness (QED) is 0.693. The van der Waals surface area contributed by atoms with Gasteiger partial charge >= 0.3 is 5.76 Å². The Kier molecular flexibility index (Phi) is 3.62. The highest BCUT2D eigenvalue weighted by Crippen LogP contribution is 2.14. The fourth-order valence-electron chi connectivity index (χ4n) is 2.22. The van der Waals surface area contributed by atoms with Crippen molar-refractivity contribution in [2.24, 2.45) is 0 Å². The number of benzene rings is 2. The molecule has 106 valence electrons. The molecule has 3 aromatic rings. The Morgan fingerprint density at radius 3 is 2.57 bits per heavy atom. The Morgan fingerprint density at radius 1 is 1.10 bits per heavy atom. The standard InChI is InChI=1S/C16H12ClNO3/c17-12-7-5-11(6-8-12)14(19)9-10-18-13-3-1-2-4-15(13)21-16(18)20/h1-8H,9-10H2. The van der Waals surface area contributed by atoms with Crippen molar-refractivity contribution in [2.45, 2.75) is 13.0 Å². The molecule has 0 N–H and O–H groups in total. The lowest BCUT2D eigenvalue weighted by Gasteiger charge is -2.02. The first-order valence-corrected chi connectivity index (χ1v) is 6.90. The molecule has 0 fully saturated rings. The van der Waals surface area contributed by atoms with Gasteiger partial charge in [-0.3, -0.25) is 9.36 Å². The number of carbonyl (C=O) groups is 1. The van der Waals surface area contributed by atoms with Crippen molar-refractivity contribution < 1.29 is 9.21 Å². The zero-order valence-corrected chi connectivity index (χ0v) is 11.8. The van der Waals surface area contributed by atoms with Gasteiger partial charge in [-0.25, -0.2) is 4.79 Å². The lowest BCUT2D eigenvalue weighted by Crippen LogP contribution is -2.16. The van der Waals surface area contributed by atoms with Crippen molar-refractivity contribution in [2.75, 3.05) is 0 Å². The minimum Gasteiger partial charge on any atom is -0.408 e. The molecule has 2 aromatic carbocycles. The lowest BCUT2D eigenvalue weighted by molar-refractivity contribution is 0.0977. The van der Waals surface area contributed by atoms with Gasteiger partial charge < -0.3 is 4.42 Å². The van der Waals surface area contributed by atoms with Gasteiger partial charge in [0.2, 0.25) is 0 Å². The van der Waals surface area contributed by atoms with E-state index in [4.69, 9.17) is 16.0 Å². The summed E-state index contributed by atoms with van der Waals surface area (Å²) in [6, 6.07) is 13.9. The second-order valence-corrected chi connectivity index (χ2v) is 5.10. The highest BCUT2D eigenvalue weighted by atomic mass is 35.5. The number of rotatable bonds is 4. The summed E-state index contributed by atoms with van der Waals surface area (Å²) in [5.41, 5.74) is 1.81. The number of Topliss-reactive ketones (excluding diaryl/α,β-unsaturated/α-hetero) is 1. The van der Waals surface area contributed by atoms with Crippen LogP contribution in [0.4, 0.5) is 0 Å². The summed E-state index contributed by atoms with van der Waals surface area (Å²) in [6.07, 6.45) is 0.227. The summed E-state index contributed by atoms with van der Waals surface area (Å²) in [5.74, 6) is -0.482. The number of carbonyl (C=O) groups excluding carboxylic acids is 1. The third-order valence-electron chi connectivity index (χ3n) is 3.30. The van der Waals surface area contributed by atoms with Gasteiger partial charge in [-0.2, -0.15) is 0 Å². The largest absolute Gasteiger partial charge is 0.419 e. The number of nitrogens with zero attached hydrogens (tertiary/aromatic N) is 1. The van der Waals surface area contributed by atoms with Crippen molar-refractivity contribution >= 4 is 28.5 Å². The zero-order chi connectivity index (χ0) is 14.8. The van der Waals surface area contributed by atoms with Crippen molar-refractivity contribution in [3.63, 3.8) is 0 Å². The average Bonchev–Trinajstić information content (AvgIpc) is 2.81. The Bertz CT molecular complexity index is 846. The maximum Gasteiger partial charge on any atom is 0.419 e. The normalized spacial score (nSPS) is 10.9. The third-order valence-corrected chi connectivity index (χ3v) is 3.55. The Morgan fingerprint density at radius 2 is 1.81 bits per heavy atom. The minimum atomic E-state index is -0.444. The van der Waals surface area contributed by atoms with Crippen molar-refractivity contribution in [1.82, 2.24) is 4.57 Å². The first-order valence-electron chi connectivity index (χ1n) is 6.52. The molecule has 0 amide bonds. The van der Waals surface area contributed by atoms with Crippen LogP contribution in [0.15, 0.2) is 57.7 Å². The van der Waals surface area contributed by atoms with Gasteiger partial charge in [-0.15, -0.1) is 0 Å². The third kappa shape index (κ3) is 2.76. The summed E-state index contributed by atoms with van der Waals surface area (Å²) in [4.78, 5) is 23.9. The van der Waals surface area contributed by atoms with Crippen LogP contribution in [-0.2, 0) is 6.54 Å². The van der Waals surface area contributed by atoms with E-state index in [0.717, 1.165) is 0 Å². The first-order chi connectivity index (χ1) is 10.1. The predicted molar refractivity (Wildman–Crippen MR) is 80.9 cm³/mol. The van der Waals surface area contributed by atoms with Crippen LogP contribution in [0.3, 0.4) is 0 Å². The molecular weight excluding hydrogens is 290 g/mol. The number of hydrogen-bond donors (Lipinski definition) is 0. The number of halogens is 1. The molecule has 0 bridgehead atoms. The van der Waals surface area contributed by atoms with E-state index >= 15 is 0 Å². The van der Waals surface area contributed by atoms with Gasteiger partial charge in [-0.1, -0.05) is 23.7 Å². The predicted octanol–water partition coefficient (Wildman–Crippen LogP) is 3.52. The molecule has 0 aliphatic carbocycles. The molecule has 0 aliphatic rings. The van der Waals surface area contributed by atoms with Crippen molar-refractivity contribution in [3.05, 3.63) is 69.7 Å². The molecule has 0 saturated heterocycles. The molecule has 3 rings (SSSR count). The van der Waals surface area contributed by atoms with E-state index in [1.165, 1.54) is 4.57 Å². The molecule has 0 atom stereocenters. The number of hydrogen-bond acceptors (Lipinski definition) is 3. The van der Waals surface area contributed by atoms with E-state index in [-0.39, 0.29) is 18.7 Å². The fraction of sp³-hybridized carbons (Fsp3) is 0.125. The molecule has 0 saturated carbocycles. The Labute approximate surface area is 125 Å². The molecular formula is C16H12ClNO3. The maximum atomic E-state index is 12.1. The van der Waals surface area contributed by atoms with Crippen LogP contribution in [0.1, 0.15) is 16.8 Å². The van der Waals surface area contributed by atoms with Crippen LogP contribution in [0, 0.1) is 0 Å². The maximum absolute atomic E-state index is 12.1. The number of aromatic nitrogens is 1. The molecule has 21 heavy (non-hydrogen) atoms. The number of oxazole rings is 1. The molecule has 0 unspecified atom stereocenters. The summed E-state index contributed by atoms with van der Waals surface area (Å²) in [7, 11) is 0. The van der Waals surface area contributed by atoms with E-state index in [9.17, 15) is 9.59 Å². The van der Waals surface area contributed by atoms with E-state index < -0.39 is 5.76 Å². The fourth-order valence-corrected chi connectivity index (χ4v) is 2.35. The summed E-state index contributed by atoms with van der Waals surface area (Å²) >= 11 is 5.79. The highest BCUT2D eigenvalue weighted by Gasteiger charge is 2.11. The van der Waals surface area contributed by atoms with Gasteiger partial charge in [0.05, 0.1) is 5.52 Å². The van der Waals surface area contributed by atoms with Gasteiger partial charge in [-0.05, 0) is 36.4 Å². The van der Waals surface area contributed by atoms with Crippen LogP contribution < -0.4 is 5.76 Å². The number of ketones is 1. The minimum absolute atomic E-state index is 0.0381. The van der Waals surface area contributed by atoms with Crippen molar-refractivity contribution in [1.29, 1.82) is 0 Å². The number of aryl methyl sites for hydroxylation is 1. The summed E-state index contributed by atoms with van der Waals surface area (Å²) < 4.78 is 6.61. The van der Waals surface area contributed by atoms with Crippen LogP contribution in [0.5, 0.6) is 0 Å². The molecule has 5 heteroatoms. The summed E-state index contributed by atoms with van der Waals surface area (Å²) in [6.45, 7) is 0.289. The van der Waals surface area contributed by atoms with E-state index in [0.29, 0.717) is 21.7 Å². The molecule has 0 radical (unpaired) electrons. The van der Waals surface area contributed by atoms with Gasteiger partial charge in [0.25, 0.3) is 0 Å². The second-order valence-electron chi connectivity index (χ2n) is 4.67. The second kappa shape index (κ2) is 5.58.